The lowest BCUT2D eigenvalue weighted by Crippen LogP contribution is -2.36. The number of benzene rings is 3. The Kier molecular flexibility index (Phi) is 6.56. The number of hydrogen-bond acceptors (Lipinski definition) is 1. The first-order chi connectivity index (χ1) is 15.7. The van der Waals surface area contributed by atoms with Crippen molar-refractivity contribution in [3.63, 3.8) is 0 Å². The monoisotopic (exact) mass is 439 g/mol. The molecule has 0 aliphatic heterocycles. The third-order valence-corrected chi connectivity index (χ3v) is 7.82. The Morgan fingerprint density at radius 2 is 1.24 bits per heavy atom. The molecule has 1 aliphatic rings. The average Bonchev–Trinajstić information content (AvgIpc) is 3.06. The maximum atomic E-state index is 6.91. The van der Waals surface area contributed by atoms with Crippen molar-refractivity contribution in [1.29, 1.82) is 0 Å². The van der Waals surface area contributed by atoms with Crippen LogP contribution in [0.3, 0.4) is 0 Å². The average molecular weight is 440 g/mol. The van der Waals surface area contributed by atoms with Gasteiger partial charge in [0.2, 0.25) is 0 Å². The minimum absolute atomic E-state index is 0.0240. The summed E-state index contributed by atoms with van der Waals surface area (Å²) in [4.78, 5) is 0. The van der Waals surface area contributed by atoms with Crippen molar-refractivity contribution in [2.75, 3.05) is 0 Å². The van der Waals surface area contributed by atoms with E-state index in [0.717, 1.165) is 25.7 Å². The fourth-order valence-electron chi connectivity index (χ4n) is 6.19. The highest BCUT2D eigenvalue weighted by Gasteiger charge is 2.44. The summed E-state index contributed by atoms with van der Waals surface area (Å²) in [6.07, 6.45) is 4.22. The number of nitrogens with two attached hydrogens (primary N) is 1. The topological polar surface area (TPSA) is 26.0 Å². The van der Waals surface area contributed by atoms with Gasteiger partial charge >= 0.3 is 0 Å². The van der Waals surface area contributed by atoms with Crippen LogP contribution in [-0.2, 0) is 11.0 Å². The summed E-state index contributed by atoms with van der Waals surface area (Å²) < 4.78 is 0. The molecule has 0 atom stereocenters. The zero-order chi connectivity index (χ0) is 23.8. The predicted octanol–water partition coefficient (Wildman–Crippen LogP) is 8.69. The first-order valence-corrected chi connectivity index (χ1v) is 12.9. The second-order valence-corrected chi connectivity index (χ2v) is 11.0. The van der Waals surface area contributed by atoms with Gasteiger partial charge in [0, 0.05) is 11.0 Å². The highest BCUT2D eigenvalue weighted by atomic mass is 14.7. The fourth-order valence-corrected chi connectivity index (χ4v) is 6.19. The summed E-state index contributed by atoms with van der Waals surface area (Å²) in [5.41, 5.74) is 16.4. The zero-order valence-corrected chi connectivity index (χ0v) is 21.4. The van der Waals surface area contributed by atoms with E-state index in [0.29, 0.717) is 11.8 Å². The zero-order valence-electron chi connectivity index (χ0n) is 21.4. The molecule has 1 nitrogen and oxygen atoms in total. The smallest absolute Gasteiger partial charge is 0.0404 e. The number of fused-ring (bicyclic) bond motifs is 3. The number of rotatable bonds is 8. The maximum Gasteiger partial charge on any atom is 0.0404 e. The van der Waals surface area contributed by atoms with Crippen molar-refractivity contribution in [3.05, 3.63) is 83.4 Å². The van der Waals surface area contributed by atoms with Crippen LogP contribution in [0.25, 0.3) is 22.3 Å². The van der Waals surface area contributed by atoms with E-state index < -0.39 is 0 Å². The van der Waals surface area contributed by atoms with Crippen LogP contribution < -0.4 is 5.73 Å². The van der Waals surface area contributed by atoms with E-state index in [9.17, 15) is 0 Å². The molecule has 1 heteroatoms. The van der Waals surface area contributed by atoms with E-state index in [2.05, 4.69) is 108 Å². The normalized spacial score (nSPS) is 14.6. The standard InChI is InChI=1S/C32H41N/c1-7-32(33,8-2)26-15-17-28-27-16-14-25(24-12-10-9-11-13-24)18-29(27)31(20-22(3)4,21-23(5)6)30(28)19-26/h9-19,22-23H,7-8,20-21,33H2,1-6H3. The third-order valence-electron chi connectivity index (χ3n) is 7.82. The molecule has 0 aromatic heterocycles. The summed E-state index contributed by atoms with van der Waals surface area (Å²) in [5, 5.41) is 0. The first kappa shape index (κ1) is 23.8. The number of hydrogen-bond donors (Lipinski definition) is 1. The molecular weight excluding hydrogens is 398 g/mol. The highest BCUT2D eigenvalue weighted by Crippen LogP contribution is 2.56. The van der Waals surface area contributed by atoms with E-state index >= 15 is 0 Å². The van der Waals surface area contributed by atoms with Crippen LogP contribution in [0.5, 0.6) is 0 Å². The summed E-state index contributed by atoms with van der Waals surface area (Å²) >= 11 is 0. The Morgan fingerprint density at radius 3 is 1.79 bits per heavy atom. The minimum Gasteiger partial charge on any atom is -0.321 e. The Hall–Kier alpha value is -2.38. The molecule has 0 spiro atoms. The van der Waals surface area contributed by atoms with Crippen molar-refractivity contribution in [2.24, 2.45) is 17.6 Å². The lowest BCUT2D eigenvalue weighted by molar-refractivity contribution is 0.336. The van der Waals surface area contributed by atoms with Crippen molar-refractivity contribution < 1.29 is 0 Å². The molecule has 2 N–H and O–H groups in total. The van der Waals surface area contributed by atoms with Gasteiger partial charge in [-0.1, -0.05) is 102 Å². The van der Waals surface area contributed by atoms with Gasteiger partial charge in [-0.3, -0.25) is 0 Å². The molecule has 0 radical (unpaired) electrons. The minimum atomic E-state index is -0.263. The van der Waals surface area contributed by atoms with Gasteiger partial charge < -0.3 is 5.73 Å². The Morgan fingerprint density at radius 1 is 0.697 bits per heavy atom. The predicted molar refractivity (Wildman–Crippen MR) is 143 cm³/mol. The van der Waals surface area contributed by atoms with E-state index in [1.54, 1.807) is 0 Å². The molecule has 0 saturated heterocycles. The summed E-state index contributed by atoms with van der Waals surface area (Å²) in [6, 6.07) is 25.1. The van der Waals surface area contributed by atoms with Crippen molar-refractivity contribution in [1.82, 2.24) is 0 Å². The summed E-state index contributed by atoms with van der Waals surface area (Å²) in [5.74, 6) is 1.21. The van der Waals surface area contributed by atoms with Crippen LogP contribution in [0.1, 0.15) is 83.9 Å². The molecule has 1 aliphatic carbocycles. The quantitative estimate of drug-likeness (QED) is 0.373. The fraction of sp³-hybridized carbons (Fsp3) is 0.438. The van der Waals surface area contributed by atoms with Crippen molar-refractivity contribution in [2.45, 2.75) is 78.2 Å². The molecule has 174 valence electrons. The Balaban J connectivity index is 1.98. The molecular formula is C32H41N. The molecule has 3 aromatic rings. The van der Waals surface area contributed by atoms with E-state index in [1.165, 1.54) is 38.9 Å². The molecule has 0 bridgehead atoms. The molecule has 0 amide bonds. The molecule has 3 aromatic carbocycles. The van der Waals surface area contributed by atoms with E-state index in [-0.39, 0.29) is 11.0 Å². The van der Waals surface area contributed by atoms with Crippen molar-refractivity contribution in [3.8, 4) is 22.3 Å². The van der Waals surface area contributed by atoms with Crippen LogP contribution >= 0.6 is 0 Å². The lowest BCUT2D eigenvalue weighted by Gasteiger charge is -2.37. The van der Waals surface area contributed by atoms with Gasteiger partial charge in [-0.15, -0.1) is 0 Å². The van der Waals surface area contributed by atoms with Crippen LogP contribution in [-0.4, -0.2) is 0 Å². The first-order valence-electron chi connectivity index (χ1n) is 12.9. The van der Waals surface area contributed by atoms with Gasteiger partial charge in [-0.05, 0) is 82.5 Å². The second-order valence-electron chi connectivity index (χ2n) is 11.0. The maximum absolute atomic E-state index is 6.91. The third kappa shape index (κ3) is 4.17. The molecule has 0 unspecified atom stereocenters. The van der Waals surface area contributed by atoms with Crippen LogP contribution in [0.15, 0.2) is 66.7 Å². The van der Waals surface area contributed by atoms with Gasteiger partial charge in [0.05, 0.1) is 0 Å². The van der Waals surface area contributed by atoms with E-state index in [4.69, 9.17) is 5.73 Å². The summed E-state index contributed by atoms with van der Waals surface area (Å²) in [7, 11) is 0. The van der Waals surface area contributed by atoms with E-state index in [1.807, 2.05) is 0 Å². The van der Waals surface area contributed by atoms with Crippen LogP contribution in [0, 0.1) is 11.8 Å². The Bertz CT molecular complexity index is 1090. The van der Waals surface area contributed by atoms with Crippen LogP contribution in [0.4, 0.5) is 0 Å². The largest absolute Gasteiger partial charge is 0.321 e. The van der Waals surface area contributed by atoms with Gasteiger partial charge in [-0.2, -0.15) is 0 Å². The highest BCUT2D eigenvalue weighted by molar-refractivity contribution is 5.84. The van der Waals surface area contributed by atoms with Gasteiger partial charge in [-0.25, -0.2) is 0 Å². The van der Waals surface area contributed by atoms with Crippen LogP contribution in [0.2, 0.25) is 0 Å². The Labute approximate surface area is 201 Å². The molecule has 0 fully saturated rings. The SMILES string of the molecule is CCC(N)(CC)c1ccc2c(c1)C(CC(C)C)(CC(C)C)c1cc(-c3ccccc3)ccc1-2. The van der Waals surface area contributed by atoms with Gasteiger partial charge in [0.1, 0.15) is 0 Å². The molecule has 33 heavy (non-hydrogen) atoms. The molecule has 0 saturated carbocycles. The second kappa shape index (κ2) is 9.11. The van der Waals surface area contributed by atoms with Crippen molar-refractivity contribution >= 4 is 0 Å². The molecule has 0 heterocycles. The lowest BCUT2D eigenvalue weighted by atomic mass is 9.67. The molecule has 4 rings (SSSR count). The van der Waals surface area contributed by atoms with Gasteiger partial charge in [0.15, 0.2) is 0 Å². The summed E-state index contributed by atoms with van der Waals surface area (Å²) in [6.45, 7) is 13.9. The van der Waals surface area contributed by atoms with Gasteiger partial charge in [0.25, 0.3) is 0 Å².